The van der Waals surface area contributed by atoms with Gasteiger partial charge in [-0.3, -0.25) is 6.08 Å². The Morgan fingerprint density at radius 2 is 1.80 bits per heavy atom. The molecule has 0 amide bonds. The molecule has 0 N–H and O–H groups in total. The molecule has 10 heavy (non-hydrogen) atoms. The van der Waals surface area contributed by atoms with Crippen molar-refractivity contribution in [2.75, 3.05) is 0 Å². The second-order valence-electron chi connectivity index (χ2n) is 1.00. The molecule has 0 aromatic rings. The van der Waals surface area contributed by atoms with Gasteiger partial charge in [0.25, 0.3) is 0 Å². The van der Waals surface area contributed by atoms with Gasteiger partial charge in [0.2, 0.25) is 0 Å². The van der Waals surface area contributed by atoms with Crippen LogP contribution in [0.1, 0.15) is 13.3 Å². The second kappa shape index (κ2) is 22.6. The molecule has 0 bridgehead atoms. The number of allylic oxidation sites excluding steroid dienone is 4. The van der Waals surface area contributed by atoms with Crippen molar-refractivity contribution in [1.29, 1.82) is 0 Å². The minimum absolute atomic E-state index is 0. The summed E-state index contributed by atoms with van der Waals surface area (Å²) in [5.74, 6) is 0. The van der Waals surface area contributed by atoms with Gasteiger partial charge in [-0.15, -0.1) is 31.2 Å². The van der Waals surface area contributed by atoms with E-state index >= 15 is 0 Å². The van der Waals surface area contributed by atoms with Crippen molar-refractivity contribution in [3.05, 3.63) is 31.2 Å². The van der Waals surface area contributed by atoms with Crippen LogP contribution in [-0.2, 0) is 21.7 Å². The zero-order valence-corrected chi connectivity index (χ0v) is 9.16. The fourth-order valence-electron chi connectivity index (χ4n) is 0.340. The second-order valence-corrected chi connectivity index (χ2v) is 1.00. The first-order chi connectivity index (χ1) is 3.50. The van der Waals surface area contributed by atoms with E-state index in [2.05, 4.69) is 19.1 Å². The van der Waals surface area contributed by atoms with Crippen molar-refractivity contribution in [2.45, 2.75) is 13.3 Å². The average molecular weight is 215 g/mol. The maximum absolute atomic E-state index is 3.25. The van der Waals surface area contributed by atoms with E-state index in [1.807, 2.05) is 12.2 Å². The minimum Gasteiger partial charge on any atom is -0.346 e. The zero-order valence-electron chi connectivity index (χ0n) is 5.96. The molecule has 3 heteroatoms. The van der Waals surface area contributed by atoms with Gasteiger partial charge in [-0.1, -0.05) is 0 Å². The van der Waals surface area contributed by atoms with Gasteiger partial charge in [0.05, 0.1) is 0 Å². The van der Waals surface area contributed by atoms with Crippen molar-refractivity contribution in [3.8, 4) is 0 Å². The van der Waals surface area contributed by atoms with Crippen LogP contribution in [0.2, 0.25) is 0 Å². The van der Waals surface area contributed by atoms with Crippen LogP contribution in [0.5, 0.6) is 0 Å². The predicted molar refractivity (Wildman–Crippen MR) is 47.1 cm³/mol. The summed E-state index contributed by atoms with van der Waals surface area (Å²) >= 11 is 0. The first kappa shape index (κ1) is 22.4. The molecule has 0 atom stereocenters. The van der Waals surface area contributed by atoms with Crippen LogP contribution in [0.15, 0.2) is 18.2 Å². The monoisotopic (exact) mass is 214 g/mol. The van der Waals surface area contributed by atoms with Crippen molar-refractivity contribution in [3.63, 3.8) is 0 Å². The summed E-state index contributed by atoms with van der Waals surface area (Å²) in [7, 11) is 0. The summed E-state index contributed by atoms with van der Waals surface area (Å²) in [6.45, 7) is 5.00. The maximum atomic E-state index is 3.25. The SMILES string of the molecule is Cl.Cl.[C-]1=CC=CC1.[CH2-]C.[Ti+2]. The average Bonchev–Trinajstić information content (AvgIpc) is 2.23. The molecule has 0 fully saturated rings. The molecule has 0 aromatic carbocycles. The number of hydrogen-bond donors (Lipinski definition) is 0. The third-order valence-corrected chi connectivity index (χ3v) is 0.586. The van der Waals surface area contributed by atoms with Crippen LogP contribution in [0.3, 0.4) is 0 Å². The molecule has 0 aromatic heterocycles. The Morgan fingerprint density at radius 3 is 1.90 bits per heavy atom. The Bertz CT molecular complexity index is 69.7. The van der Waals surface area contributed by atoms with Crippen LogP contribution in [-0.4, -0.2) is 0 Å². The van der Waals surface area contributed by atoms with E-state index in [4.69, 9.17) is 0 Å². The van der Waals surface area contributed by atoms with E-state index in [0.29, 0.717) is 0 Å². The van der Waals surface area contributed by atoms with Crippen molar-refractivity contribution in [2.24, 2.45) is 0 Å². The Labute approximate surface area is 90.9 Å². The molecule has 1 rings (SSSR count). The van der Waals surface area contributed by atoms with Crippen molar-refractivity contribution < 1.29 is 21.7 Å². The normalized spacial score (nSPS) is 9.40. The first-order valence-electron chi connectivity index (χ1n) is 2.42. The van der Waals surface area contributed by atoms with Gasteiger partial charge in [0, 0.05) is 0 Å². The molecule has 0 saturated heterocycles. The molecule has 0 radical (unpaired) electrons. The molecule has 0 nitrogen and oxygen atoms in total. The molecule has 58 valence electrons. The Hall–Kier alpha value is 0.774. The first-order valence-corrected chi connectivity index (χ1v) is 2.42. The third kappa shape index (κ3) is 15.9. The van der Waals surface area contributed by atoms with Gasteiger partial charge in [-0.25, -0.2) is 12.2 Å². The topological polar surface area (TPSA) is 0 Å². The number of rotatable bonds is 0. The molecular formula is C7H12Cl2Ti. The molecule has 0 aliphatic heterocycles. The molecular weight excluding hydrogens is 203 g/mol. The fraction of sp³-hybridized carbons (Fsp3) is 0.286. The smallest absolute Gasteiger partial charge is 0.346 e. The largest absolute Gasteiger partial charge is 2.00 e. The quantitative estimate of drug-likeness (QED) is 0.430. The van der Waals surface area contributed by atoms with Crippen LogP contribution in [0.4, 0.5) is 0 Å². The van der Waals surface area contributed by atoms with Gasteiger partial charge >= 0.3 is 21.7 Å². The summed E-state index contributed by atoms with van der Waals surface area (Å²) in [6.07, 6.45) is 10.0. The van der Waals surface area contributed by atoms with Gasteiger partial charge < -0.3 is 6.92 Å². The number of halogens is 2. The third-order valence-electron chi connectivity index (χ3n) is 0.586. The molecule has 0 saturated carbocycles. The van der Waals surface area contributed by atoms with E-state index in [1.165, 1.54) is 0 Å². The Kier molecular flexibility index (Phi) is 50.6. The van der Waals surface area contributed by atoms with Crippen LogP contribution in [0, 0.1) is 13.0 Å². The van der Waals surface area contributed by atoms with E-state index in [1.54, 1.807) is 6.92 Å². The van der Waals surface area contributed by atoms with Crippen molar-refractivity contribution in [1.82, 2.24) is 0 Å². The molecule has 1 aliphatic carbocycles. The molecule has 0 heterocycles. The van der Waals surface area contributed by atoms with E-state index in [-0.39, 0.29) is 46.5 Å². The molecule has 1 aliphatic rings. The van der Waals surface area contributed by atoms with E-state index in [0.717, 1.165) is 6.42 Å². The van der Waals surface area contributed by atoms with Crippen LogP contribution < -0.4 is 0 Å². The van der Waals surface area contributed by atoms with Crippen LogP contribution in [0.25, 0.3) is 0 Å². The molecule has 0 spiro atoms. The van der Waals surface area contributed by atoms with Crippen molar-refractivity contribution >= 4 is 24.8 Å². The molecule has 0 unspecified atom stereocenters. The summed E-state index contributed by atoms with van der Waals surface area (Å²) in [4.78, 5) is 0. The number of hydrogen-bond acceptors (Lipinski definition) is 0. The predicted octanol–water partition coefficient (Wildman–Crippen LogP) is 2.99. The van der Waals surface area contributed by atoms with Gasteiger partial charge in [0.15, 0.2) is 0 Å². The summed E-state index contributed by atoms with van der Waals surface area (Å²) in [5, 5.41) is 0. The summed E-state index contributed by atoms with van der Waals surface area (Å²) in [6, 6.07) is 0. The standard InChI is InChI=1S/C5H5.C2H5.2ClH.Ti/c1-2-4-5-3-1;1-2;;;/h1-3H,4H2;1H2,2H3;2*1H;/q2*-1;;;+2. The minimum atomic E-state index is 0. The zero-order chi connectivity index (χ0) is 5.54. The van der Waals surface area contributed by atoms with E-state index in [9.17, 15) is 0 Å². The Morgan fingerprint density at radius 1 is 1.30 bits per heavy atom. The summed E-state index contributed by atoms with van der Waals surface area (Å²) in [5.41, 5.74) is 0. The van der Waals surface area contributed by atoms with Gasteiger partial charge in [-0.05, 0) is 0 Å². The summed E-state index contributed by atoms with van der Waals surface area (Å²) < 4.78 is 0. The van der Waals surface area contributed by atoms with E-state index < -0.39 is 0 Å². The van der Waals surface area contributed by atoms with Crippen LogP contribution >= 0.6 is 24.8 Å². The Balaban J connectivity index is -0.0000000337. The maximum Gasteiger partial charge on any atom is 2.00 e. The van der Waals surface area contributed by atoms with Gasteiger partial charge in [0.1, 0.15) is 0 Å². The fourth-order valence-corrected chi connectivity index (χ4v) is 0.340. The van der Waals surface area contributed by atoms with Gasteiger partial charge in [-0.2, -0.15) is 13.0 Å².